The monoisotopic (exact) mass is 184 g/mol. The van der Waals surface area contributed by atoms with Crippen LogP contribution < -0.4 is 10.6 Å². The van der Waals surface area contributed by atoms with Gasteiger partial charge in [-0.15, -0.1) is 0 Å². The Balaban J connectivity index is 2.51. The van der Waals surface area contributed by atoms with Crippen LogP contribution in [-0.4, -0.2) is 6.67 Å². The van der Waals surface area contributed by atoms with Gasteiger partial charge >= 0.3 is 0 Å². The Bertz CT molecular complexity index is 493. The van der Waals surface area contributed by atoms with Crippen LogP contribution in [0, 0.1) is 6.92 Å². The van der Waals surface area contributed by atoms with Crippen molar-refractivity contribution in [1.29, 1.82) is 0 Å². The molecule has 0 saturated carbocycles. The first-order valence-electron chi connectivity index (χ1n) is 4.86. The van der Waals surface area contributed by atoms with Crippen molar-refractivity contribution in [3.63, 3.8) is 0 Å². The Morgan fingerprint density at radius 2 is 1.79 bits per heavy atom. The summed E-state index contributed by atoms with van der Waals surface area (Å²) in [5.41, 5.74) is 3.80. The van der Waals surface area contributed by atoms with Gasteiger partial charge in [0, 0.05) is 16.8 Å². The minimum absolute atomic E-state index is 0.815. The maximum atomic E-state index is 3.34. The van der Waals surface area contributed by atoms with Gasteiger partial charge in [-0.25, -0.2) is 0 Å². The summed E-state index contributed by atoms with van der Waals surface area (Å²) in [7, 11) is 0. The Hall–Kier alpha value is -1.70. The molecule has 2 nitrogen and oxygen atoms in total. The van der Waals surface area contributed by atoms with E-state index < -0.39 is 0 Å². The third-order valence-electron chi connectivity index (χ3n) is 2.82. The molecule has 70 valence electrons. The predicted octanol–water partition coefficient (Wildman–Crippen LogP) is 2.94. The van der Waals surface area contributed by atoms with E-state index in [1.807, 2.05) is 0 Å². The summed E-state index contributed by atoms with van der Waals surface area (Å²) in [5, 5.41) is 9.34. The van der Waals surface area contributed by atoms with Crippen molar-refractivity contribution in [2.75, 3.05) is 17.3 Å². The van der Waals surface area contributed by atoms with Crippen LogP contribution >= 0.6 is 0 Å². The fourth-order valence-corrected chi connectivity index (χ4v) is 2.08. The van der Waals surface area contributed by atoms with Gasteiger partial charge in [0.2, 0.25) is 0 Å². The van der Waals surface area contributed by atoms with Crippen molar-refractivity contribution in [2.24, 2.45) is 0 Å². The molecule has 3 rings (SSSR count). The average molecular weight is 184 g/mol. The van der Waals surface area contributed by atoms with Crippen LogP contribution in [0.5, 0.6) is 0 Å². The lowest BCUT2D eigenvalue weighted by atomic mass is 10.0. The average Bonchev–Trinajstić information content (AvgIpc) is 2.24. The Morgan fingerprint density at radius 3 is 2.64 bits per heavy atom. The topological polar surface area (TPSA) is 24.1 Å². The minimum Gasteiger partial charge on any atom is -0.367 e. The van der Waals surface area contributed by atoms with E-state index in [-0.39, 0.29) is 0 Å². The summed E-state index contributed by atoms with van der Waals surface area (Å²) in [6.45, 7) is 2.96. The van der Waals surface area contributed by atoms with Gasteiger partial charge in [-0.1, -0.05) is 18.2 Å². The van der Waals surface area contributed by atoms with Crippen molar-refractivity contribution in [1.82, 2.24) is 0 Å². The maximum Gasteiger partial charge on any atom is 0.0849 e. The molecule has 0 aromatic heterocycles. The highest BCUT2D eigenvalue weighted by molar-refractivity contribution is 6.05. The van der Waals surface area contributed by atoms with Crippen LogP contribution in [0.25, 0.3) is 10.8 Å². The second kappa shape index (κ2) is 2.64. The number of hydrogen-bond donors (Lipinski definition) is 2. The fourth-order valence-electron chi connectivity index (χ4n) is 2.08. The van der Waals surface area contributed by atoms with E-state index >= 15 is 0 Å². The number of hydrogen-bond acceptors (Lipinski definition) is 2. The molecule has 1 aliphatic rings. The zero-order chi connectivity index (χ0) is 9.54. The summed E-state index contributed by atoms with van der Waals surface area (Å²) in [4.78, 5) is 0. The fraction of sp³-hybridized carbons (Fsp3) is 0.167. The molecule has 0 fully saturated rings. The van der Waals surface area contributed by atoms with Crippen LogP contribution in [0.4, 0.5) is 11.4 Å². The van der Waals surface area contributed by atoms with E-state index in [0.29, 0.717) is 0 Å². The van der Waals surface area contributed by atoms with E-state index in [1.165, 1.54) is 27.7 Å². The van der Waals surface area contributed by atoms with Gasteiger partial charge in [-0.05, 0) is 30.0 Å². The Labute approximate surface area is 82.9 Å². The van der Waals surface area contributed by atoms with Crippen LogP contribution in [0.3, 0.4) is 0 Å². The van der Waals surface area contributed by atoms with Crippen LogP contribution in [0.15, 0.2) is 30.3 Å². The molecule has 0 amide bonds. The van der Waals surface area contributed by atoms with Gasteiger partial charge < -0.3 is 10.6 Å². The second-order valence-corrected chi connectivity index (χ2v) is 3.69. The lowest BCUT2D eigenvalue weighted by molar-refractivity contribution is 1.20. The van der Waals surface area contributed by atoms with Gasteiger partial charge in [0.1, 0.15) is 0 Å². The number of benzene rings is 2. The smallest absolute Gasteiger partial charge is 0.0849 e. The molecule has 0 unspecified atom stereocenters. The molecule has 0 aliphatic carbocycles. The lowest BCUT2D eigenvalue weighted by Crippen LogP contribution is -2.16. The number of aryl methyl sites for hydroxylation is 1. The highest BCUT2D eigenvalue weighted by Gasteiger charge is 2.11. The molecule has 0 spiro atoms. The Kier molecular flexibility index (Phi) is 1.45. The normalized spacial score (nSPS) is 13.5. The largest absolute Gasteiger partial charge is 0.367 e. The van der Waals surface area contributed by atoms with Crippen molar-refractivity contribution in [3.05, 3.63) is 35.9 Å². The first-order valence-corrected chi connectivity index (χ1v) is 4.86. The van der Waals surface area contributed by atoms with E-state index in [1.54, 1.807) is 0 Å². The summed E-state index contributed by atoms with van der Waals surface area (Å²) >= 11 is 0. The van der Waals surface area contributed by atoms with Gasteiger partial charge in [-0.3, -0.25) is 0 Å². The zero-order valence-electron chi connectivity index (χ0n) is 8.09. The van der Waals surface area contributed by atoms with Gasteiger partial charge in [0.05, 0.1) is 6.67 Å². The summed E-state index contributed by atoms with van der Waals surface area (Å²) in [5.74, 6) is 0. The second-order valence-electron chi connectivity index (χ2n) is 3.69. The highest BCUT2D eigenvalue weighted by Crippen LogP contribution is 2.34. The quantitative estimate of drug-likeness (QED) is 0.657. The van der Waals surface area contributed by atoms with E-state index in [0.717, 1.165) is 6.67 Å². The summed E-state index contributed by atoms with van der Waals surface area (Å²) in [6, 6.07) is 10.7. The lowest BCUT2D eigenvalue weighted by Gasteiger charge is -2.21. The van der Waals surface area contributed by atoms with E-state index in [2.05, 4.69) is 47.9 Å². The number of rotatable bonds is 0. The van der Waals surface area contributed by atoms with Crippen molar-refractivity contribution in [3.8, 4) is 0 Å². The first kappa shape index (κ1) is 7.68. The predicted molar refractivity (Wildman–Crippen MR) is 60.8 cm³/mol. The maximum absolute atomic E-state index is 3.34. The van der Waals surface area contributed by atoms with Gasteiger partial charge in [-0.2, -0.15) is 0 Å². The summed E-state index contributed by atoms with van der Waals surface area (Å²) in [6.07, 6.45) is 0. The van der Waals surface area contributed by atoms with Gasteiger partial charge in [0.25, 0.3) is 0 Å². The third kappa shape index (κ3) is 0.909. The first-order chi connectivity index (χ1) is 6.86. The van der Waals surface area contributed by atoms with Gasteiger partial charge in [0.15, 0.2) is 0 Å². The highest BCUT2D eigenvalue weighted by atomic mass is 15.1. The zero-order valence-corrected chi connectivity index (χ0v) is 8.09. The van der Waals surface area contributed by atoms with Crippen LogP contribution in [0.2, 0.25) is 0 Å². The van der Waals surface area contributed by atoms with Crippen molar-refractivity contribution in [2.45, 2.75) is 6.92 Å². The molecule has 0 atom stereocenters. The molecule has 0 bridgehead atoms. The third-order valence-corrected chi connectivity index (χ3v) is 2.82. The summed E-state index contributed by atoms with van der Waals surface area (Å²) < 4.78 is 0. The van der Waals surface area contributed by atoms with E-state index in [9.17, 15) is 0 Å². The standard InChI is InChI=1S/C12H12N2/c1-8-5-6-11-12-9(8)3-2-4-10(12)13-7-14-11/h2-6,13-14H,7H2,1H3. The van der Waals surface area contributed by atoms with Crippen LogP contribution in [-0.2, 0) is 0 Å². The molecular formula is C12H12N2. The van der Waals surface area contributed by atoms with E-state index in [4.69, 9.17) is 0 Å². The SMILES string of the molecule is Cc1ccc2c3c(cccc13)NCN2. The molecule has 1 aliphatic heterocycles. The molecule has 2 N–H and O–H groups in total. The molecule has 0 radical (unpaired) electrons. The minimum atomic E-state index is 0.815. The molecule has 0 saturated heterocycles. The van der Waals surface area contributed by atoms with Crippen molar-refractivity contribution >= 4 is 22.1 Å². The molecular weight excluding hydrogens is 172 g/mol. The van der Waals surface area contributed by atoms with Crippen molar-refractivity contribution < 1.29 is 0 Å². The number of nitrogens with one attached hydrogen (secondary N) is 2. The molecule has 2 aromatic carbocycles. The molecule has 2 heteroatoms. The Morgan fingerprint density at radius 1 is 1.00 bits per heavy atom. The molecule has 2 aromatic rings. The number of anilines is 2. The molecule has 1 heterocycles. The molecule has 14 heavy (non-hydrogen) atoms. The van der Waals surface area contributed by atoms with Crippen LogP contribution in [0.1, 0.15) is 5.56 Å².